The number of sulfonamides is 2. The average molecular weight is 600 g/mol. The number of hydrogen-bond acceptors (Lipinski definition) is 7. The molecular weight excluding hydrogens is 566 g/mol. The van der Waals surface area contributed by atoms with Crippen LogP contribution in [0.1, 0.15) is 24.8 Å². The van der Waals surface area contributed by atoms with Gasteiger partial charge < -0.3 is 14.8 Å². The maximum Gasteiger partial charge on any atom is 0.263 e. The topological polar surface area (TPSA) is 122 Å². The fourth-order valence-corrected chi connectivity index (χ4v) is 7.98. The fraction of sp³-hybridized carbons (Fsp3) is 0.345. The normalized spacial score (nSPS) is 17.8. The van der Waals surface area contributed by atoms with Gasteiger partial charge in [-0.25, -0.2) is 16.8 Å². The van der Waals surface area contributed by atoms with Crippen molar-refractivity contribution in [3.8, 4) is 11.5 Å². The Labute approximate surface area is 241 Å². The van der Waals surface area contributed by atoms with Gasteiger partial charge in [0.2, 0.25) is 20.0 Å². The van der Waals surface area contributed by atoms with Crippen molar-refractivity contribution in [3.63, 3.8) is 0 Å². The predicted octanol–water partition coefficient (Wildman–Crippen LogP) is 3.15. The lowest BCUT2D eigenvalue weighted by molar-refractivity contribution is -0.127. The maximum atomic E-state index is 13.4. The molecule has 0 radical (unpaired) electrons. The van der Waals surface area contributed by atoms with Crippen molar-refractivity contribution in [1.82, 2.24) is 9.62 Å². The quantitative estimate of drug-likeness (QED) is 0.355. The second kappa shape index (κ2) is 12.5. The number of anilines is 1. The van der Waals surface area contributed by atoms with Crippen LogP contribution in [0, 0.1) is 0 Å². The standard InChI is InChI=1S/C29H33N3O7S2/c33-29(30-17-20-38-24-13-15-25(16-14-24)41(36,37)31-18-7-2-8-19-31)28-21-32(26-11-5-6-12-27(26)39-28)40(34,35)22-23-9-3-1-4-10-23/h1,3-6,9-16,28H,2,7-8,17-22H2,(H,30,33). The highest BCUT2D eigenvalue weighted by molar-refractivity contribution is 7.92. The molecule has 41 heavy (non-hydrogen) atoms. The van der Waals surface area contributed by atoms with Gasteiger partial charge in [-0.05, 0) is 54.8 Å². The molecule has 1 unspecified atom stereocenters. The average Bonchev–Trinajstić information content (AvgIpc) is 2.99. The first-order chi connectivity index (χ1) is 19.7. The van der Waals surface area contributed by atoms with E-state index in [0.717, 1.165) is 19.3 Å². The number of para-hydroxylation sites is 2. The van der Waals surface area contributed by atoms with Gasteiger partial charge in [0, 0.05) is 13.1 Å². The van der Waals surface area contributed by atoms with E-state index in [1.165, 1.54) is 20.7 Å². The number of amides is 1. The number of piperidine rings is 1. The first kappa shape index (κ1) is 28.9. The van der Waals surface area contributed by atoms with Gasteiger partial charge in [0.1, 0.15) is 18.1 Å². The largest absolute Gasteiger partial charge is 0.492 e. The zero-order chi connectivity index (χ0) is 28.9. The van der Waals surface area contributed by atoms with Gasteiger partial charge in [-0.3, -0.25) is 9.10 Å². The third kappa shape index (κ3) is 6.83. The molecule has 1 atom stereocenters. The Kier molecular flexibility index (Phi) is 8.81. The second-order valence-corrected chi connectivity index (χ2v) is 13.8. The molecule has 1 N–H and O–H groups in total. The number of benzene rings is 3. The minimum atomic E-state index is -3.80. The molecule has 1 fully saturated rings. The summed E-state index contributed by atoms with van der Waals surface area (Å²) in [6, 6.07) is 21.8. The molecule has 1 saturated heterocycles. The molecule has 0 saturated carbocycles. The predicted molar refractivity (Wildman–Crippen MR) is 155 cm³/mol. The summed E-state index contributed by atoms with van der Waals surface area (Å²) in [6.45, 7) is 1.18. The summed E-state index contributed by atoms with van der Waals surface area (Å²) in [7, 11) is -7.32. The smallest absolute Gasteiger partial charge is 0.263 e. The van der Waals surface area contributed by atoms with Crippen molar-refractivity contribution in [3.05, 3.63) is 84.4 Å². The van der Waals surface area contributed by atoms with Crippen molar-refractivity contribution < 1.29 is 31.1 Å². The van der Waals surface area contributed by atoms with E-state index in [1.54, 1.807) is 60.7 Å². The molecule has 5 rings (SSSR count). The summed E-state index contributed by atoms with van der Waals surface area (Å²) in [5, 5.41) is 2.74. The lowest BCUT2D eigenvalue weighted by atomic mass is 10.2. The van der Waals surface area contributed by atoms with Gasteiger partial charge in [0.15, 0.2) is 6.10 Å². The lowest BCUT2D eigenvalue weighted by Crippen LogP contribution is -2.51. The Balaban J connectivity index is 1.16. The van der Waals surface area contributed by atoms with Crippen LogP contribution in [0.4, 0.5) is 5.69 Å². The highest BCUT2D eigenvalue weighted by atomic mass is 32.2. The van der Waals surface area contributed by atoms with Crippen molar-refractivity contribution in [1.29, 1.82) is 0 Å². The third-order valence-electron chi connectivity index (χ3n) is 7.00. The fourth-order valence-electron chi connectivity index (χ4n) is 4.88. The number of ether oxygens (including phenoxy) is 2. The maximum absolute atomic E-state index is 13.4. The van der Waals surface area contributed by atoms with Gasteiger partial charge >= 0.3 is 0 Å². The summed E-state index contributed by atoms with van der Waals surface area (Å²) in [6.07, 6.45) is 1.73. The first-order valence-corrected chi connectivity index (χ1v) is 16.6. The molecule has 1 amide bonds. The number of rotatable bonds is 10. The molecule has 12 heteroatoms. The molecule has 0 aliphatic carbocycles. The van der Waals surface area contributed by atoms with Crippen molar-refractivity contribution in [2.75, 3.05) is 37.1 Å². The molecule has 2 aliphatic heterocycles. The number of carbonyl (C=O) groups is 1. The van der Waals surface area contributed by atoms with Gasteiger partial charge in [-0.2, -0.15) is 4.31 Å². The second-order valence-electron chi connectivity index (χ2n) is 9.92. The van der Waals surface area contributed by atoms with E-state index in [1.807, 2.05) is 6.07 Å². The number of fused-ring (bicyclic) bond motifs is 1. The van der Waals surface area contributed by atoms with Gasteiger partial charge in [-0.1, -0.05) is 48.9 Å². The van der Waals surface area contributed by atoms with Gasteiger partial charge in [0.05, 0.1) is 29.4 Å². The van der Waals surface area contributed by atoms with Crippen LogP contribution >= 0.6 is 0 Å². The Morgan fingerprint density at radius 1 is 0.878 bits per heavy atom. The van der Waals surface area contributed by atoms with Crippen molar-refractivity contribution >= 4 is 31.6 Å². The van der Waals surface area contributed by atoms with E-state index in [9.17, 15) is 21.6 Å². The Morgan fingerprint density at radius 2 is 1.56 bits per heavy atom. The molecule has 2 aliphatic rings. The van der Waals surface area contributed by atoms with Gasteiger partial charge in [0.25, 0.3) is 5.91 Å². The molecule has 2 heterocycles. The highest BCUT2D eigenvalue weighted by Crippen LogP contribution is 2.35. The Morgan fingerprint density at radius 3 is 2.29 bits per heavy atom. The molecule has 218 valence electrons. The molecule has 0 aromatic heterocycles. The van der Waals surface area contributed by atoms with E-state index in [2.05, 4.69) is 5.32 Å². The van der Waals surface area contributed by atoms with Crippen molar-refractivity contribution in [2.45, 2.75) is 36.0 Å². The molecule has 3 aromatic carbocycles. The van der Waals surface area contributed by atoms with Crippen LogP contribution in [-0.4, -0.2) is 65.9 Å². The number of nitrogens with zero attached hydrogens (tertiary/aromatic N) is 2. The van der Waals surface area contributed by atoms with E-state index in [4.69, 9.17) is 9.47 Å². The zero-order valence-electron chi connectivity index (χ0n) is 22.5. The number of nitrogens with one attached hydrogen (secondary N) is 1. The number of hydrogen-bond donors (Lipinski definition) is 1. The monoisotopic (exact) mass is 599 g/mol. The summed E-state index contributed by atoms with van der Waals surface area (Å²) >= 11 is 0. The summed E-state index contributed by atoms with van der Waals surface area (Å²) in [4.78, 5) is 13.2. The minimum absolute atomic E-state index is 0.128. The van der Waals surface area contributed by atoms with Crippen LogP contribution in [0.3, 0.4) is 0 Å². The number of carbonyl (C=O) groups excluding carboxylic acids is 1. The van der Waals surface area contributed by atoms with E-state index >= 15 is 0 Å². The van der Waals surface area contributed by atoms with Crippen LogP contribution in [0.15, 0.2) is 83.8 Å². The van der Waals surface area contributed by atoms with E-state index < -0.39 is 32.1 Å². The van der Waals surface area contributed by atoms with Crippen LogP contribution < -0.4 is 19.1 Å². The molecule has 3 aromatic rings. The summed E-state index contributed by atoms with van der Waals surface area (Å²) in [5.41, 5.74) is 1.04. The minimum Gasteiger partial charge on any atom is -0.492 e. The first-order valence-electron chi connectivity index (χ1n) is 13.5. The molecular formula is C29H33N3O7S2. The molecule has 0 spiro atoms. The van der Waals surface area contributed by atoms with Crippen LogP contribution in [0.5, 0.6) is 11.5 Å². The lowest BCUT2D eigenvalue weighted by Gasteiger charge is -2.34. The molecule has 0 bridgehead atoms. The summed E-state index contributed by atoms with van der Waals surface area (Å²) < 4.78 is 66.7. The molecule has 10 nitrogen and oxygen atoms in total. The SMILES string of the molecule is O=C(NCCOc1ccc(S(=O)(=O)N2CCCCC2)cc1)C1CN(S(=O)(=O)Cc2ccccc2)c2ccccc2O1. The Bertz CT molecular complexity index is 1560. The Hall–Kier alpha value is -3.61. The van der Waals surface area contributed by atoms with Gasteiger partial charge in [-0.15, -0.1) is 0 Å². The van der Waals surface area contributed by atoms with Crippen molar-refractivity contribution in [2.24, 2.45) is 0 Å². The van der Waals surface area contributed by atoms with E-state index in [-0.39, 0.29) is 30.3 Å². The van der Waals surface area contributed by atoms with Crippen LogP contribution in [-0.2, 0) is 30.6 Å². The van der Waals surface area contributed by atoms with Crippen LogP contribution in [0.2, 0.25) is 0 Å². The third-order valence-corrected chi connectivity index (χ3v) is 10.6. The summed E-state index contributed by atoms with van der Waals surface area (Å²) in [5.74, 6) is 0.109. The highest BCUT2D eigenvalue weighted by Gasteiger charge is 2.36. The zero-order valence-corrected chi connectivity index (χ0v) is 24.1. The van der Waals surface area contributed by atoms with Crippen LogP contribution in [0.25, 0.3) is 0 Å². The van der Waals surface area contributed by atoms with E-state index in [0.29, 0.717) is 35.8 Å².